The molecule has 1 saturated heterocycles. The Labute approximate surface area is 166 Å². The lowest BCUT2D eigenvalue weighted by atomic mass is 10.1. The van der Waals surface area contributed by atoms with Crippen molar-refractivity contribution in [2.75, 3.05) is 31.1 Å². The van der Waals surface area contributed by atoms with Crippen molar-refractivity contribution in [1.29, 1.82) is 0 Å². The molecule has 3 aromatic rings. The van der Waals surface area contributed by atoms with Crippen molar-refractivity contribution in [3.05, 3.63) is 65.7 Å². The number of alkyl halides is 3. The number of hydrogen-bond acceptors (Lipinski definition) is 5. The van der Waals surface area contributed by atoms with Gasteiger partial charge in [-0.2, -0.15) is 18.3 Å². The van der Waals surface area contributed by atoms with Crippen LogP contribution in [0.1, 0.15) is 16.8 Å². The second kappa shape index (κ2) is 7.82. The molecule has 1 aromatic carbocycles. The smallest absolute Gasteiger partial charge is 0.354 e. The second-order valence-electron chi connectivity index (χ2n) is 7.05. The van der Waals surface area contributed by atoms with Gasteiger partial charge in [-0.05, 0) is 24.6 Å². The lowest BCUT2D eigenvalue weighted by Gasteiger charge is -2.35. The lowest BCUT2D eigenvalue weighted by Crippen LogP contribution is -2.46. The Balaban J connectivity index is 1.42. The highest BCUT2D eigenvalue weighted by Crippen LogP contribution is 2.32. The highest BCUT2D eigenvalue weighted by Gasteiger charge is 2.33. The number of aromatic nitrogens is 4. The van der Waals surface area contributed by atoms with Crippen LogP contribution in [0.15, 0.2) is 48.9 Å². The van der Waals surface area contributed by atoms with E-state index in [1.807, 2.05) is 30.2 Å². The van der Waals surface area contributed by atoms with E-state index < -0.39 is 11.7 Å². The van der Waals surface area contributed by atoms with Crippen LogP contribution >= 0.6 is 0 Å². The van der Waals surface area contributed by atoms with E-state index >= 15 is 0 Å². The van der Waals surface area contributed by atoms with Gasteiger partial charge in [0.25, 0.3) is 0 Å². The third-order valence-corrected chi connectivity index (χ3v) is 5.01. The molecule has 1 aliphatic rings. The Kier molecular flexibility index (Phi) is 5.23. The van der Waals surface area contributed by atoms with E-state index in [-0.39, 0.29) is 6.54 Å². The van der Waals surface area contributed by atoms with E-state index in [1.54, 1.807) is 16.8 Å². The van der Waals surface area contributed by atoms with Crippen LogP contribution in [-0.2, 0) is 12.7 Å². The van der Waals surface area contributed by atoms with Crippen molar-refractivity contribution in [2.45, 2.75) is 19.6 Å². The second-order valence-corrected chi connectivity index (χ2v) is 7.05. The van der Waals surface area contributed by atoms with Gasteiger partial charge in [-0.25, -0.2) is 14.6 Å². The molecule has 0 saturated carbocycles. The van der Waals surface area contributed by atoms with Crippen LogP contribution in [0.4, 0.5) is 19.0 Å². The number of piperazine rings is 1. The average molecular weight is 402 g/mol. The number of hydrogen-bond donors (Lipinski definition) is 0. The van der Waals surface area contributed by atoms with E-state index in [0.29, 0.717) is 37.6 Å². The van der Waals surface area contributed by atoms with Gasteiger partial charge in [0.05, 0.1) is 11.3 Å². The van der Waals surface area contributed by atoms with Gasteiger partial charge in [-0.15, -0.1) is 0 Å². The van der Waals surface area contributed by atoms with Gasteiger partial charge in [0.15, 0.2) is 5.82 Å². The SMILES string of the molecule is Cc1ccn(-c2cc(N3CCN(Cc4ccccc4C(F)(F)F)CC3)ncn2)n1. The minimum Gasteiger partial charge on any atom is -0.354 e. The standard InChI is InChI=1S/C20H21F3N6/c1-15-6-7-29(26-15)19-12-18(24-14-25-19)28-10-8-27(9-11-28)13-16-4-2-3-5-17(16)20(21,22)23/h2-7,12,14H,8-11,13H2,1H3. The van der Waals surface area contributed by atoms with Crippen molar-refractivity contribution in [2.24, 2.45) is 0 Å². The summed E-state index contributed by atoms with van der Waals surface area (Å²) < 4.78 is 41.4. The molecule has 6 nitrogen and oxygen atoms in total. The van der Waals surface area contributed by atoms with Crippen LogP contribution in [0, 0.1) is 6.92 Å². The van der Waals surface area contributed by atoms with Crippen LogP contribution in [0.25, 0.3) is 5.82 Å². The molecule has 3 heterocycles. The lowest BCUT2D eigenvalue weighted by molar-refractivity contribution is -0.138. The molecule has 0 unspecified atom stereocenters. The molecule has 0 spiro atoms. The summed E-state index contributed by atoms with van der Waals surface area (Å²) in [5.74, 6) is 1.48. The quantitative estimate of drug-likeness (QED) is 0.670. The van der Waals surface area contributed by atoms with Crippen LogP contribution in [0.3, 0.4) is 0 Å². The van der Waals surface area contributed by atoms with Crippen molar-refractivity contribution in [3.63, 3.8) is 0 Å². The van der Waals surface area contributed by atoms with E-state index in [2.05, 4.69) is 20.0 Å². The molecule has 29 heavy (non-hydrogen) atoms. The van der Waals surface area contributed by atoms with E-state index in [0.717, 1.165) is 17.6 Å². The number of benzene rings is 1. The Morgan fingerprint density at radius 3 is 2.38 bits per heavy atom. The maximum absolute atomic E-state index is 13.2. The monoisotopic (exact) mass is 402 g/mol. The first-order chi connectivity index (χ1) is 13.9. The van der Waals surface area contributed by atoms with Gasteiger partial charge in [0.2, 0.25) is 0 Å². The Bertz CT molecular complexity index is 976. The molecule has 2 aromatic heterocycles. The van der Waals surface area contributed by atoms with Gasteiger partial charge in [0.1, 0.15) is 12.1 Å². The van der Waals surface area contributed by atoms with Crippen LogP contribution in [-0.4, -0.2) is 50.8 Å². The van der Waals surface area contributed by atoms with Gasteiger partial charge in [-0.1, -0.05) is 18.2 Å². The third-order valence-electron chi connectivity index (χ3n) is 5.01. The Morgan fingerprint density at radius 1 is 0.966 bits per heavy atom. The summed E-state index contributed by atoms with van der Waals surface area (Å²) in [4.78, 5) is 12.8. The molecule has 0 N–H and O–H groups in total. The molecule has 4 rings (SSSR count). The topological polar surface area (TPSA) is 50.1 Å². The zero-order chi connectivity index (χ0) is 20.4. The number of rotatable bonds is 4. The van der Waals surface area contributed by atoms with E-state index in [9.17, 15) is 13.2 Å². The van der Waals surface area contributed by atoms with Crippen molar-refractivity contribution in [1.82, 2.24) is 24.6 Å². The van der Waals surface area contributed by atoms with Crippen LogP contribution in [0.5, 0.6) is 0 Å². The molecule has 1 aliphatic heterocycles. The summed E-state index contributed by atoms with van der Waals surface area (Å²) in [6.45, 7) is 4.88. The Morgan fingerprint density at radius 2 is 1.69 bits per heavy atom. The Hall–Kier alpha value is -2.94. The fraction of sp³-hybridized carbons (Fsp3) is 0.350. The zero-order valence-corrected chi connectivity index (χ0v) is 16.0. The van der Waals surface area contributed by atoms with E-state index in [4.69, 9.17) is 0 Å². The van der Waals surface area contributed by atoms with Gasteiger partial charge < -0.3 is 4.90 Å². The third kappa shape index (κ3) is 4.40. The summed E-state index contributed by atoms with van der Waals surface area (Å²) in [6, 6.07) is 9.56. The zero-order valence-electron chi connectivity index (χ0n) is 16.0. The van der Waals surface area contributed by atoms with Gasteiger partial charge in [0, 0.05) is 45.0 Å². The first-order valence-corrected chi connectivity index (χ1v) is 9.37. The molecular formula is C20H21F3N6. The molecular weight excluding hydrogens is 381 g/mol. The van der Waals surface area contributed by atoms with Crippen molar-refractivity contribution in [3.8, 4) is 5.82 Å². The summed E-state index contributed by atoms with van der Waals surface area (Å²) in [6.07, 6.45) is -0.980. The molecule has 0 aliphatic carbocycles. The van der Waals surface area contributed by atoms with E-state index in [1.165, 1.54) is 12.4 Å². The normalized spacial score (nSPS) is 15.7. The maximum Gasteiger partial charge on any atom is 0.416 e. The van der Waals surface area contributed by atoms with Crippen molar-refractivity contribution >= 4 is 5.82 Å². The first kappa shape index (κ1) is 19.4. The predicted octanol–water partition coefficient (Wildman–Crippen LogP) is 3.31. The predicted molar refractivity (Wildman–Crippen MR) is 103 cm³/mol. The number of anilines is 1. The number of halogens is 3. The van der Waals surface area contributed by atoms with Crippen LogP contribution in [0.2, 0.25) is 0 Å². The molecule has 0 radical (unpaired) electrons. The fourth-order valence-corrected chi connectivity index (χ4v) is 3.49. The molecule has 152 valence electrons. The van der Waals surface area contributed by atoms with Crippen LogP contribution < -0.4 is 4.90 Å². The largest absolute Gasteiger partial charge is 0.416 e. The molecule has 0 amide bonds. The average Bonchev–Trinajstić information content (AvgIpc) is 3.15. The minimum atomic E-state index is -4.33. The molecule has 0 bridgehead atoms. The fourth-order valence-electron chi connectivity index (χ4n) is 3.49. The number of aryl methyl sites for hydroxylation is 1. The molecule has 0 atom stereocenters. The van der Waals surface area contributed by atoms with Gasteiger partial charge in [-0.3, -0.25) is 4.90 Å². The summed E-state index contributed by atoms with van der Waals surface area (Å²) in [5.41, 5.74) is 0.655. The highest BCUT2D eigenvalue weighted by atomic mass is 19.4. The summed E-state index contributed by atoms with van der Waals surface area (Å²) in [5, 5.41) is 4.36. The summed E-state index contributed by atoms with van der Waals surface area (Å²) in [7, 11) is 0. The highest BCUT2D eigenvalue weighted by molar-refractivity contribution is 5.43. The van der Waals surface area contributed by atoms with Gasteiger partial charge >= 0.3 is 6.18 Å². The maximum atomic E-state index is 13.2. The molecule has 9 heteroatoms. The van der Waals surface area contributed by atoms with Crippen molar-refractivity contribution < 1.29 is 13.2 Å². The molecule has 1 fully saturated rings. The number of nitrogens with zero attached hydrogens (tertiary/aromatic N) is 6. The minimum absolute atomic E-state index is 0.283. The summed E-state index contributed by atoms with van der Waals surface area (Å²) >= 11 is 0. The first-order valence-electron chi connectivity index (χ1n) is 9.37.